The van der Waals surface area contributed by atoms with Gasteiger partial charge in [0.05, 0.1) is 0 Å². The number of aliphatic carboxylic acids is 1. The Bertz CT molecular complexity index is 584. The first-order valence-electron chi connectivity index (χ1n) is 7.98. The van der Waals surface area contributed by atoms with Gasteiger partial charge in [-0.2, -0.15) is 0 Å². The quantitative estimate of drug-likeness (QED) is 0.901. The summed E-state index contributed by atoms with van der Waals surface area (Å²) < 4.78 is 11.2. The van der Waals surface area contributed by atoms with Crippen molar-refractivity contribution in [2.45, 2.75) is 24.8 Å². The molecule has 1 aromatic carbocycles. The summed E-state index contributed by atoms with van der Waals surface area (Å²) in [5.74, 6) is 0.123. The first kappa shape index (κ1) is 14.0. The van der Waals surface area contributed by atoms with Crippen LogP contribution in [0.15, 0.2) is 24.3 Å². The van der Waals surface area contributed by atoms with Gasteiger partial charge in [-0.05, 0) is 24.5 Å². The van der Waals surface area contributed by atoms with E-state index in [1.165, 1.54) is 0 Å². The van der Waals surface area contributed by atoms with Crippen molar-refractivity contribution in [2.24, 2.45) is 5.41 Å². The Morgan fingerprint density at radius 2 is 2.05 bits per heavy atom. The fraction of sp³-hybridized carbons (Fsp3) is 0.588. The molecule has 0 spiro atoms. The van der Waals surface area contributed by atoms with Gasteiger partial charge in [-0.3, -0.25) is 9.69 Å². The molecule has 3 aliphatic heterocycles. The van der Waals surface area contributed by atoms with E-state index < -0.39 is 11.4 Å². The zero-order valence-corrected chi connectivity index (χ0v) is 12.5. The third kappa shape index (κ3) is 2.03. The van der Waals surface area contributed by atoms with Crippen LogP contribution < -0.4 is 4.74 Å². The second kappa shape index (κ2) is 5.25. The van der Waals surface area contributed by atoms with Crippen LogP contribution in [0.2, 0.25) is 0 Å². The third-order valence-electron chi connectivity index (χ3n) is 5.48. The third-order valence-corrected chi connectivity index (χ3v) is 5.48. The van der Waals surface area contributed by atoms with Crippen molar-refractivity contribution in [1.29, 1.82) is 0 Å². The Balaban J connectivity index is 1.68. The Kier molecular flexibility index (Phi) is 3.35. The summed E-state index contributed by atoms with van der Waals surface area (Å²) >= 11 is 0. The van der Waals surface area contributed by atoms with Crippen LogP contribution in [0, 0.1) is 5.41 Å². The molecule has 0 aromatic heterocycles. The Hall–Kier alpha value is -1.59. The largest absolute Gasteiger partial charge is 0.492 e. The highest BCUT2D eigenvalue weighted by molar-refractivity contribution is 5.78. The predicted molar refractivity (Wildman–Crippen MR) is 80.2 cm³/mol. The Morgan fingerprint density at radius 1 is 1.27 bits per heavy atom. The zero-order chi connectivity index (χ0) is 15.2. The van der Waals surface area contributed by atoms with E-state index in [0.717, 1.165) is 43.9 Å². The van der Waals surface area contributed by atoms with Crippen LogP contribution in [0.5, 0.6) is 5.75 Å². The highest BCUT2D eigenvalue weighted by atomic mass is 16.5. The summed E-state index contributed by atoms with van der Waals surface area (Å²) in [7, 11) is 0. The lowest BCUT2D eigenvalue weighted by Crippen LogP contribution is -2.46. The maximum Gasteiger partial charge on any atom is 0.315 e. The summed E-state index contributed by atoms with van der Waals surface area (Å²) in [6, 6.07) is 8.31. The number of likely N-dealkylation sites (tertiary alicyclic amines) is 1. The van der Waals surface area contributed by atoms with Crippen molar-refractivity contribution in [3.8, 4) is 5.75 Å². The van der Waals surface area contributed by atoms with Gasteiger partial charge in [-0.15, -0.1) is 0 Å². The number of hydrogen-bond acceptors (Lipinski definition) is 4. The summed E-state index contributed by atoms with van der Waals surface area (Å²) in [5.41, 5.74) is 0.234. The van der Waals surface area contributed by atoms with Crippen molar-refractivity contribution >= 4 is 5.97 Å². The van der Waals surface area contributed by atoms with Gasteiger partial charge in [-0.1, -0.05) is 18.2 Å². The molecule has 4 rings (SSSR count). The van der Waals surface area contributed by atoms with E-state index in [2.05, 4.69) is 4.90 Å². The molecule has 2 saturated heterocycles. The van der Waals surface area contributed by atoms with Gasteiger partial charge in [0.1, 0.15) is 17.8 Å². The van der Waals surface area contributed by atoms with Crippen LogP contribution >= 0.6 is 0 Å². The number of para-hydroxylation sites is 1. The number of hydrogen-bond donors (Lipinski definition) is 1. The fourth-order valence-corrected chi connectivity index (χ4v) is 4.20. The number of carboxylic acids is 1. The van der Waals surface area contributed by atoms with E-state index in [4.69, 9.17) is 9.47 Å². The number of nitrogens with zero attached hydrogens (tertiary/aromatic N) is 1. The van der Waals surface area contributed by atoms with Crippen LogP contribution in [-0.2, 0) is 9.53 Å². The molecular formula is C17H21NO4. The number of ether oxygens (including phenoxy) is 2. The summed E-state index contributed by atoms with van der Waals surface area (Å²) in [6.07, 6.45) is 1.98. The zero-order valence-electron chi connectivity index (χ0n) is 12.5. The number of fused-ring (bicyclic) bond motifs is 3. The van der Waals surface area contributed by atoms with Gasteiger partial charge in [0.25, 0.3) is 0 Å². The van der Waals surface area contributed by atoms with Gasteiger partial charge in [0, 0.05) is 38.3 Å². The van der Waals surface area contributed by atoms with Crippen LogP contribution in [0.1, 0.15) is 24.3 Å². The standard InChI is InChI=1S/C17H21NO4/c19-16(20)17-10-18(12-5-7-21-8-6-12)9-14(17)13-3-1-2-4-15(13)22-11-17/h1-4,12,14H,5-11H2,(H,19,20)/t14-,17-/m1/s1. The number of carboxylic acid groups (broad SMARTS) is 1. The molecule has 0 aliphatic carbocycles. The monoisotopic (exact) mass is 303 g/mol. The first-order valence-corrected chi connectivity index (χ1v) is 7.98. The smallest absolute Gasteiger partial charge is 0.315 e. The number of benzene rings is 1. The first-order chi connectivity index (χ1) is 10.7. The van der Waals surface area contributed by atoms with E-state index in [0.29, 0.717) is 12.6 Å². The minimum Gasteiger partial charge on any atom is -0.492 e. The summed E-state index contributed by atoms with van der Waals surface area (Å²) in [6.45, 7) is 3.20. The Labute approximate surface area is 129 Å². The molecule has 22 heavy (non-hydrogen) atoms. The van der Waals surface area contributed by atoms with Gasteiger partial charge < -0.3 is 14.6 Å². The maximum atomic E-state index is 12.1. The highest BCUT2D eigenvalue weighted by Gasteiger charge is 2.57. The molecule has 0 bridgehead atoms. The average molecular weight is 303 g/mol. The molecular weight excluding hydrogens is 282 g/mol. The number of rotatable bonds is 2. The molecule has 1 aromatic rings. The highest BCUT2D eigenvalue weighted by Crippen LogP contribution is 2.50. The Morgan fingerprint density at radius 3 is 2.82 bits per heavy atom. The van der Waals surface area contributed by atoms with Crippen molar-refractivity contribution in [3.05, 3.63) is 29.8 Å². The molecule has 5 heteroatoms. The lowest BCUT2D eigenvalue weighted by atomic mass is 9.73. The lowest BCUT2D eigenvalue weighted by molar-refractivity contribution is -0.152. The minimum atomic E-state index is -0.813. The normalized spacial score (nSPS) is 32.1. The van der Waals surface area contributed by atoms with Crippen LogP contribution in [0.4, 0.5) is 0 Å². The fourth-order valence-electron chi connectivity index (χ4n) is 4.20. The second-order valence-electron chi connectivity index (χ2n) is 6.61. The molecule has 1 N–H and O–H groups in total. The van der Waals surface area contributed by atoms with Crippen molar-refractivity contribution in [3.63, 3.8) is 0 Å². The van der Waals surface area contributed by atoms with Crippen molar-refractivity contribution < 1.29 is 19.4 Å². The summed E-state index contributed by atoms with van der Waals surface area (Å²) in [5, 5.41) is 9.91. The average Bonchev–Trinajstić information content (AvgIpc) is 2.97. The van der Waals surface area contributed by atoms with Crippen LogP contribution in [-0.4, -0.2) is 54.9 Å². The van der Waals surface area contributed by atoms with E-state index in [1.807, 2.05) is 24.3 Å². The van der Waals surface area contributed by atoms with Crippen molar-refractivity contribution in [2.75, 3.05) is 32.9 Å². The van der Waals surface area contributed by atoms with Crippen LogP contribution in [0.25, 0.3) is 0 Å². The molecule has 118 valence electrons. The van der Waals surface area contributed by atoms with Crippen molar-refractivity contribution in [1.82, 2.24) is 4.90 Å². The molecule has 2 atom stereocenters. The van der Waals surface area contributed by atoms with Gasteiger partial charge >= 0.3 is 5.97 Å². The van der Waals surface area contributed by atoms with Gasteiger partial charge in [-0.25, -0.2) is 0 Å². The number of carbonyl (C=O) groups is 1. The molecule has 0 unspecified atom stereocenters. The summed E-state index contributed by atoms with van der Waals surface area (Å²) in [4.78, 5) is 14.4. The molecule has 5 nitrogen and oxygen atoms in total. The van der Waals surface area contributed by atoms with Crippen LogP contribution in [0.3, 0.4) is 0 Å². The predicted octanol–water partition coefficient (Wildman–Crippen LogP) is 1.73. The van der Waals surface area contributed by atoms with E-state index in [1.54, 1.807) is 0 Å². The molecule has 0 radical (unpaired) electrons. The SMILES string of the molecule is O=C(O)[C@]12COc3ccccc3[C@H]1CN(C1CCOCC1)C2. The minimum absolute atomic E-state index is 0.0118. The lowest BCUT2D eigenvalue weighted by Gasteiger charge is -2.36. The van der Waals surface area contributed by atoms with E-state index in [-0.39, 0.29) is 12.5 Å². The maximum absolute atomic E-state index is 12.1. The molecule has 0 amide bonds. The molecule has 3 heterocycles. The molecule has 0 saturated carbocycles. The molecule has 3 aliphatic rings. The van der Waals surface area contributed by atoms with Gasteiger partial charge in [0.2, 0.25) is 0 Å². The van der Waals surface area contributed by atoms with E-state index in [9.17, 15) is 9.90 Å². The van der Waals surface area contributed by atoms with Gasteiger partial charge in [0.15, 0.2) is 0 Å². The molecule has 2 fully saturated rings. The van der Waals surface area contributed by atoms with E-state index >= 15 is 0 Å². The second-order valence-corrected chi connectivity index (χ2v) is 6.61. The topological polar surface area (TPSA) is 59.0 Å².